The van der Waals surface area contributed by atoms with Crippen LogP contribution in [0.1, 0.15) is 32.8 Å². The van der Waals surface area contributed by atoms with Crippen molar-refractivity contribution in [3.8, 4) is 0 Å². The largest absolute Gasteiger partial charge is 0.471 e. The van der Waals surface area contributed by atoms with Gasteiger partial charge in [0.05, 0.1) is 0 Å². The Morgan fingerprint density at radius 1 is 1.19 bits per heavy atom. The molecule has 2 fully saturated rings. The summed E-state index contributed by atoms with van der Waals surface area (Å²) in [5, 5.41) is -1.79. The standard InChI is InChI=1S/C20H23F3N2O6S/c1-5-19(17(28)31-11-12-9-7-6-8-10-12)18(2,3)32(29,30)15-13(14(26)25(15)19)24(4)16(27)20(21,22)23/h6-10,13,15H,5,11H2,1-4H3/t13-,15+,19-/m0/s1. The molecule has 3 rings (SSSR count). The van der Waals surface area contributed by atoms with E-state index in [4.69, 9.17) is 4.74 Å². The number of sulfone groups is 1. The second-order valence-electron chi connectivity index (χ2n) is 8.29. The van der Waals surface area contributed by atoms with E-state index in [2.05, 4.69) is 0 Å². The smallest absolute Gasteiger partial charge is 0.459 e. The van der Waals surface area contributed by atoms with Gasteiger partial charge in [-0.1, -0.05) is 37.3 Å². The number of ether oxygens (including phenoxy) is 1. The number of benzene rings is 1. The summed E-state index contributed by atoms with van der Waals surface area (Å²) in [5.74, 6) is -4.37. The summed E-state index contributed by atoms with van der Waals surface area (Å²) in [6.45, 7) is 3.79. The van der Waals surface area contributed by atoms with E-state index in [1.165, 1.54) is 20.8 Å². The number of nitrogens with zero attached hydrogens (tertiary/aromatic N) is 2. The van der Waals surface area contributed by atoms with Crippen LogP contribution >= 0.6 is 0 Å². The predicted molar refractivity (Wildman–Crippen MR) is 106 cm³/mol. The maximum atomic E-state index is 13.3. The number of alkyl halides is 3. The Labute approximate surface area is 183 Å². The summed E-state index contributed by atoms with van der Waals surface area (Å²) < 4.78 is 68.9. The molecule has 1 aromatic rings. The topological polar surface area (TPSA) is 101 Å². The number of rotatable bonds is 5. The monoisotopic (exact) mass is 476 g/mol. The van der Waals surface area contributed by atoms with Crippen molar-refractivity contribution in [3.05, 3.63) is 35.9 Å². The number of esters is 1. The lowest BCUT2D eigenvalue weighted by atomic mass is 9.78. The zero-order chi connectivity index (χ0) is 24.3. The number of carbonyl (C=O) groups excluding carboxylic acids is 3. The molecule has 32 heavy (non-hydrogen) atoms. The third-order valence-corrected chi connectivity index (χ3v) is 9.36. The van der Waals surface area contributed by atoms with Crippen molar-refractivity contribution >= 4 is 27.6 Å². The number of halogens is 3. The fraction of sp³-hybridized carbons (Fsp3) is 0.550. The molecule has 0 aromatic heterocycles. The number of hydrogen-bond acceptors (Lipinski definition) is 6. The third kappa shape index (κ3) is 3.02. The first-order valence-corrected chi connectivity index (χ1v) is 11.3. The highest BCUT2D eigenvalue weighted by Gasteiger charge is 2.80. The highest BCUT2D eigenvalue weighted by molar-refractivity contribution is 7.94. The van der Waals surface area contributed by atoms with Gasteiger partial charge in [0, 0.05) is 7.05 Å². The Balaban J connectivity index is 2.00. The third-order valence-electron chi connectivity index (χ3n) is 6.49. The van der Waals surface area contributed by atoms with Gasteiger partial charge >= 0.3 is 18.1 Å². The number of likely N-dealkylation sites (N-methyl/N-ethyl adjacent to an activating group) is 1. The molecule has 0 saturated carbocycles. The van der Waals surface area contributed by atoms with Crippen LogP contribution in [0.5, 0.6) is 0 Å². The van der Waals surface area contributed by atoms with Gasteiger partial charge in [-0.25, -0.2) is 13.2 Å². The van der Waals surface area contributed by atoms with Crippen molar-refractivity contribution in [1.29, 1.82) is 0 Å². The highest BCUT2D eigenvalue weighted by Crippen LogP contribution is 2.55. The first kappa shape index (κ1) is 24.0. The van der Waals surface area contributed by atoms with Crippen LogP contribution in [0.3, 0.4) is 0 Å². The summed E-state index contributed by atoms with van der Waals surface area (Å²) >= 11 is 0. The molecule has 2 aliphatic rings. The van der Waals surface area contributed by atoms with E-state index >= 15 is 0 Å². The molecule has 2 heterocycles. The molecule has 12 heteroatoms. The first-order valence-electron chi connectivity index (χ1n) is 9.78. The van der Waals surface area contributed by atoms with Crippen LogP contribution in [0, 0.1) is 0 Å². The van der Waals surface area contributed by atoms with Crippen LogP contribution in [-0.2, 0) is 35.6 Å². The van der Waals surface area contributed by atoms with Crippen molar-refractivity contribution in [2.45, 2.75) is 61.7 Å². The molecule has 0 unspecified atom stereocenters. The van der Waals surface area contributed by atoms with E-state index in [-0.39, 0.29) is 17.9 Å². The van der Waals surface area contributed by atoms with Crippen molar-refractivity contribution in [3.63, 3.8) is 0 Å². The quantitative estimate of drug-likeness (QED) is 0.473. The van der Waals surface area contributed by atoms with E-state index in [0.717, 1.165) is 11.9 Å². The highest BCUT2D eigenvalue weighted by atomic mass is 32.2. The Kier molecular flexibility index (Phi) is 5.60. The van der Waals surface area contributed by atoms with Gasteiger partial charge in [0.1, 0.15) is 17.4 Å². The van der Waals surface area contributed by atoms with Gasteiger partial charge in [0.15, 0.2) is 20.8 Å². The second kappa shape index (κ2) is 7.46. The molecular weight excluding hydrogens is 453 g/mol. The van der Waals surface area contributed by atoms with E-state index < -0.39 is 55.5 Å². The summed E-state index contributed by atoms with van der Waals surface area (Å²) in [7, 11) is -3.66. The van der Waals surface area contributed by atoms with Crippen LogP contribution in [0.15, 0.2) is 30.3 Å². The van der Waals surface area contributed by atoms with E-state index in [0.29, 0.717) is 5.56 Å². The Bertz CT molecular complexity index is 1060. The Morgan fingerprint density at radius 3 is 2.25 bits per heavy atom. The van der Waals surface area contributed by atoms with Gasteiger partial charge < -0.3 is 14.5 Å². The molecule has 1 aromatic carbocycles. The zero-order valence-electron chi connectivity index (χ0n) is 17.8. The minimum Gasteiger partial charge on any atom is -0.459 e. The van der Waals surface area contributed by atoms with Gasteiger partial charge in [-0.15, -0.1) is 0 Å². The summed E-state index contributed by atoms with van der Waals surface area (Å²) in [6, 6.07) is 6.68. The van der Waals surface area contributed by atoms with Gasteiger partial charge in [-0.3, -0.25) is 9.59 Å². The van der Waals surface area contributed by atoms with Crippen LogP contribution < -0.4 is 0 Å². The van der Waals surface area contributed by atoms with E-state index in [1.54, 1.807) is 30.3 Å². The minimum absolute atomic E-state index is 0.0815. The molecule has 0 bridgehead atoms. The maximum absolute atomic E-state index is 13.3. The van der Waals surface area contributed by atoms with E-state index in [1.807, 2.05) is 0 Å². The van der Waals surface area contributed by atoms with Gasteiger partial charge in [0.2, 0.25) is 0 Å². The van der Waals surface area contributed by atoms with Crippen LogP contribution in [0.2, 0.25) is 0 Å². The lowest BCUT2D eigenvalue weighted by molar-refractivity contribution is -0.196. The van der Waals surface area contributed by atoms with Crippen LogP contribution in [-0.4, -0.2) is 70.9 Å². The van der Waals surface area contributed by atoms with Crippen LogP contribution in [0.25, 0.3) is 0 Å². The SMILES string of the molecule is CC[C@@]1(C(=O)OCc2ccccc2)N2C(=O)[C@H](N(C)C(=O)C(F)(F)F)[C@H]2S(=O)(=O)C1(C)C. The van der Waals surface area contributed by atoms with Crippen molar-refractivity contribution in [2.24, 2.45) is 0 Å². The van der Waals surface area contributed by atoms with Crippen molar-refractivity contribution in [2.75, 3.05) is 7.05 Å². The van der Waals surface area contributed by atoms with Gasteiger partial charge in [0.25, 0.3) is 5.91 Å². The van der Waals surface area contributed by atoms with Crippen molar-refractivity contribution < 1.29 is 40.7 Å². The number of fused-ring (bicyclic) bond motifs is 1. The average Bonchev–Trinajstić information content (AvgIpc) is 2.84. The number of carbonyl (C=O) groups is 3. The Hall–Kier alpha value is -2.63. The van der Waals surface area contributed by atoms with Gasteiger partial charge in [-0.05, 0) is 25.8 Å². The van der Waals surface area contributed by atoms with Gasteiger partial charge in [-0.2, -0.15) is 13.2 Å². The number of β-lactam (4-membered cyclic amide) rings is 1. The molecular formula is C20H23F3N2O6S. The molecule has 2 saturated heterocycles. The lowest BCUT2D eigenvalue weighted by Crippen LogP contribution is -2.76. The molecule has 0 N–H and O–H groups in total. The predicted octanol–water partition coefficient (Wildman–Crippen LogP) is 1.64. The average molecular weight is 476 g/mol. The number of hydrogen-bond donors (Lipinski definition) is 0. The molecule has 0 radical (unpaired) electrons. The molecule has 0 aliphatic carbocycles. The summed E-state index contributed by atoms with van der Waals surface area (Å²) in [6.07, 6.45) is -5.44. The van der Waals surface area contributed by atoms with Crippen molar-refractivity contribution in [1.82, 2.24) is 9.80 Å². The van der Waals surface area contributed by atoms with Crippen LogP contribution in [0.4, 0.5) is 13.2 Å². The second-order valence-corrected chi connectivity index (χ2v) is 10.9. The maximum Gasteiger partial charge on any atom is 0.471 e. The number of amides is 2. The zero-order valence-corrected chi connectivity index (χ0v) is 18.7. The lowest BCUT2D eigenvalue weighted by Gasteiger charge is -2.51. The first-order chi connectivity index (χ1) is 14.7. The Morgan fingerprint density at radius 2 is 1.75 bits per heavy atom. The molecule has 0 spiro atoms. The normalized spacial score (nSPS) is 28.0. The molecule has 2 amide bonds. The van der Waals surface area contributed by atoms with E-state index in [9.17, 15) is 36.0 Å². The molecule has 8 nitrogen and oxygen atoms in total. The molecule has 3 atom stereocenters. The fourth-order valence-corrected chi connectivity index (χ4v) is 7.20. The minimum atomic E-state index is -5.29. The summed E-state index contributed by atoms with van der Waals surface area (Å²) in [5.41, 5.74) is -1.33. The fourth-order valence-electron chi connectivity index (χ4n) is 4.60. The summed E-state index contributed by atoms with van der Waals surface area (Å²) in [4.78, 5) is 38.7. The molecule has 2 aliphatic heterocycles. The molecule has 176 valence electrons.